The Morgan fingerprint density at radius 3 is 2.55 bits per heavy atom. The molecule has 1 aliphatic carbocycles. The smallest absolute Gasteiger partial charge is 0.378 e. The maximum atomic E-state index is 13.0. The molecule has 8 nitrogen and oxygen atoms in total. The van der Waals surface area contributed by atoms with Crippen molar-refractivity contribution in [1.82, 2.24) is 4.90 Å². The van der Waals surface area contributed by atoms with E-state index in [1.807, 2.05) is 12.1 Å². The van der Waals surface area contributed by atoms with Crippen molar-refractivity contribution in [2.24, 2.45) is 0 Å². The molecule has 1 heterocycles. The van der Waals surface area contributed by atoms with E-state index in [2.05, 4.69) is 10.2 Å². The number of anilines is 1. The number of nitro groups is 1. The number of allylic oxidation sites excluding steroid dienone is 3. The second kappa shape index (κ2) is 11.3. The number of ether oxygens (including phenoxy) is 1. The lowest BCUT2D eigenvalue weighted by atomic mass is 10.1. The molecule has 0 atom stereocenters. The van der Waals surface area contributed by atoms with Crippen molar-refractivity contribution >= 4 is 23.4 Å². The van der Waals surface area contributed by atoms with Crippen LogP contribution < -0.4 is 5.32 Å². The Morgan fingerprint density at radius 2 is 1.87 bits per heavy atom. The number of alkyl halides is 3. The number of nitriles is 1. The molecule has 0 spiro atoms. The van der Waals surface area contributed by atoms with Crippen molar-refractivity contribution < 1.29 is 27.6 Å². The van der Waals surface area contributed by atoms with Crippen molar-refractivity contribution in [3.05, 3.63) is 98.3 Å². The van der Waals surface area contributed by atoms with Crippen LogP contribution in [-0.4, -0.2) is 42.0 Å². The van der Waals surface area contributed by atoms with E-state index in [1.54, 1.807) is 12.1 Å². The molecule has 2 aliphatic rings. The summed E-state index contributed by atoms with van der Waals surface area (Å²) in [7, 11) is 0. The van der Waals surface area contributed by atoms with E-state index in [0.29, 0.717) is 44.7 Å². The van der Waals surface area contributed by atoms with Gasteiger partial charge in [-0.25, -0.2) is 0 Å². The molecule has 0 aromatic heterocycles. The van der Waals surface area contributed by atoms with Gasteiger partial charge in [0.05, 0.1) is 23.7 Å². The summed E-state index contributed by atoms with van der Waals surface area (Å²) in [5.41, 5.74) is 1.81. The Labute approximate surface area is 216 Å². The summed E-state index contributed by atoms with van der Waals surface area (Å²) in [4.78, 5) is 25.6. The van der Waals surface area contributed by atoms with Crippen LogP contribution in [-0.2, 0) is 15.7 Å². The fraction of sp³-hybridized carbons (Fsp3) is 0.259. The fourth-order valence-electron chi connectivity index (χ4n) is 4.41. The molecule has 11 heteroatoms. The zero-order chi connectivity index (χ0) is 27.3. The predicted molar refractivity (Wildman–Crippen MR) is 133 cm³/mol. The molecule has 1 fully saturated rings. The summed E-state index contributed by atoms with van der Waals surface area (Å²) >= 11 is 0. The van der Waals surface area contributed by atoms with Gasteiger partial charge in [0.1, 0.15) is 11.6 Å². The van der Waals surface area contributed by atoms with Crippen molar-refractivity contribution in [2.45, 2.75) is 19.0 Å². The van der Waals surface area contributed by atoms with E-state index in [9.17, 15) is 33.3 Å². The number of morpholine rings is 1. The van der Waals surface area contributed by atoms with Gasteiger partial charge in [0.25, 0.3) is 11.6 Å². The highest BCUT2D eigenvalue weighted by atomic mass is 19.4. The topological polar surface area (TPSA) is 108 Å². The van der Waals surface area contributed by atoms with Gasteiger partial charge < -0.3 is 15.0 Å². The second-order valence-corrected chi connectivity index (χ2v) is 8.70. The number of nitrogens with one attached hydrogen (secondary N) is 1. The highest BCUT2D eigenvalue weighted by molar-refractivity contribution is 6.07. The quantitative estimate of drug-likeness (QED) is 0.233. The van der Waals surface area contributed by atoms with Gasteiger partial charge in [0.2, 0.25) is 0 Å². The summed E-state index contributed by atoms with van der Waals surface area (Å²) in [6, 6.07) is 12.3. The first-order chi connectivity index (χ1) is 18.2. The number of rotatable bonds is 6. The Balaban J connectivity index is 1.68. The normalized spacial score (nSPS) is 17.5. The SMILES string of the molecule is N#CC(=CC1=C(N2CCOCC2)C(=Cc2cccc([N+](=O)[O-])c2)CC1)C(=O)Nc1cccc(C(F)(F)F)c1. The first kappa shape index (κ1) is 26.6. The Morgan fingerprint density at radius 1 is 1.13 bits per heavy atom. The lowest BCUT2D eigenvalue weighted by molar-refractivity contribution is -0.384. The molecule has 2 aromatic carbocycles. The molecule has 0 bridgehead atoms. The van der Waals surface area contributed by atoms with E-state index in [1.165, 1.54) is 30.3 Å². The molecular formula is C27H23F3N4O4. The average Bonchev–Trinajstić information content (AvgIpc) is 3.29. The minimum atomic E-state index is -4.57. The molecule has 1 aliphatic heterocycles. The highest BCUT2D eigenvalue weighted by Crippen LogP contribution is 2.37. The number of benzene rings is 2. The lowest BCUT2D eigenvalue weighted by Crippen LogP contribution is -2.36. The first-order valence-electron chi connectivity index (χ1n) is 11.8. The van der Waals surface area contributed by atoms with Crippen LogP contribution in [0, 0.1) is 21.4 Å². The summed E-state index contributed by atoms with van der Waals surface area (Å²) < 4.78 is 44.6. The highest BCUT2D eigenvalue weighted by Gasteiger charge is 2.31. The molecule has 2 aromatic rings. The second-order valence-electron chi connectivity index (χ2n) is 8.70. The maximum absolute atomic E-state index is 13.0. The third kappa shape index (κ3) is 6.27. The van der Waals surface area contributed by atoms with Gasteiger partial charge in [-0.3, -0.25) is 14.9 Å². The van der Waals surface area contributed by atoms with Gasteiger partial charge in [0, 0.05) is 36.6 Å². The molecule has 0 unspecified atom stereocenters. The van der Waals surface area contributed by atoms with Crippen LogP contribution >= 0.6 is 0 Å². The van der Waals surface area contributed by atoms with Crippen LogP contribution in [0.15, 0.2) is 77.0 Å². The number of non-ortho nitro benzene ring substituents is 1. The number of carbonyl (C=O) groups is 1. The van der Waals surface area contributed by atoms with Crippen molar-refractivity contribution in [3.8, 4) is 6.07 Å². The molecule has 1 saturated heterocycles. The largest absolute Gasteiger partial charge is 0.416 e. The first-order valence-corrected chi connectivity index (χ1v) is 11.8. The van der Waals surface area contributed by atoms with Gasteiger partial charge in [-0.15, -0.1) is 0 Å². The van der Waals surface area contributed by atoms with Crippen molar-refractivity contribution in [3.63, 3.8) is 0 Å². The van der Waals surface area contributed by atoms with E-state index < -0.39 is 22.6 Å². The monoisotopic (exact) mass is 524 g/mol. The zero-order valence-corrected chi connectivity index (χ0v) is 20.1. The summed E-state index contributed by atoms with van der Waals surface area (Å²) in [6.07, 6.45) is -0.168. The third-order valence-electron chi connectivity index (χ3n) is 6.15. The van der Waals surface area contributed by atoms with Crippen LogP contribution in [0.2, 0.25) is 0 Å². The van der Waals surface area contributed by atoms with Crippen LogP contribution in [0.25, 0.3) is 6.08 Å². The summed E-state index contributed by atoms with van der Waals surface area (Å²) in [5.74, 6) is -0.822. The van der Waals surface area contributed by atoms with E-state index in [0.717, 1.165) is 29.0 Å². The molecular weight excluding hydrogens is 501 g/mol. The van der Waals surface area contributed by atoms with Crippen LogP contribution in [0.1, 0.15) is 24.0 Å². The van der Waals surface area contributed by atoms with Gasteiger partial charge in [0.15, 0.2) is 0 Å². The molecule has 0 radical (unpaired) electrons. The number of hydrogen-bond acceptors (Lipinski definition) is 6. The van der Waals surface area contributed by atoms with E-state index in [4.69, 9.17) is 4.74 Å². The van der Waals surface area contributed by atoms with E-state index in [-0.39, 0.29) is 16.9 Å². The molecule has 1 amide bonds. The fourth-order valence-corrected chi connectivity index (χ4v) is 4.41. The maximum Gasteiger partial charge on any atom is 0.416 e. The van der Waals surface area contributed by atoms with E-state index >= 15 is 0 Å². The molecule has 38 heavy (non-hydrogen) atoms. The van der Waals surface area contributed by atoms with Crippen LogP contribution in [0.5, 0.6) is 0 Å². The van der Waals surface area contributed by atoms with Crippen LogP contribution in [0.4, 0.5) is 24.5 Å². The van der Waals surface area contributed by atoms with Gasteiger partial charge in [-0.2, -0.15) is 18.4 Å². The molecule has 196 valence electrons. The Kier molecular flexibility index (Phi) is 7.93. The number of nitro benzene ring substituents is 1. The summed E-state index contributed by atoms with van der Waals surface area (Å²) in [5, 5.41) is 23.3. The average molecular weight is 524 g/mol. The third-order valence-corrected chi connectivity index (χ3v) is 6.15. The number of amides is 1. The van der Waals surface area contributed by atoms with Crippen LogP contribution in [0.3, 0.4) is 0 Å². The molecule has 1 N–H and O–H groups in total. The zero-order valence-electron chi connectivity index (χ0n) is 20.1. The minimum absolute atomic E-state index is 0.0348. The predicted octanol–water partition coefficient (Wildman–Crippen LogP) is 5.47. The number of halogens is 3. The number of hydrogen-bond donors (Lipinski definition) is 1. The van der Waals surface area contributed by atoms with Crippen molar-refractivity contribution in [2.75, 3.05) is 31.6 Å². The summed E-state index contributed by atoms with van der Waals surface area (Å²) in [6.45, 7) is 2.14. The van der Waals surface area contributed by atoms with Gasteiger partial charge in [-0.05, 0) is 59.9 Å². The Bertz CT molecular complexity index is 1380. The Hall–Kier alpha value is -4.43. The van der Waals surface area contributed by atoms with Gasteiger partial charge in [-0.1, -0.05) is 18.2 Å². The van der Waals surface area contributed by atoms with Crippen molar-refractivity contribution in [1.29, 1.82) is 5.26 Å². The van der Waals surface area contributed by atoms with Gasteiger partial charge >= 0.3 is 6.18 Å². The number of nitrogens with zero attached hydrogens (tertiary/aromatic N) is 3. The molecule has 0 saturated carbocycles. The molecule has 4 rings (SSSR count). The minimum Gasteiger partial charge on any atom is -0.378 e. The standard InChI is InChI=1S/C27H23F3N4O4/c28-27(29,30)22-4-2-5-23(16-22)32-26(35)21(17-31)15-20-8-7-19(25(20)33-9-11-38-12-10-33)13-18-3-1-6-24(14-18)34(36)37/h1-6,13-16H,7-12H2,(H,32,35). The number of carbonyl (C=O) groups excluding carboxylic acids is 1. The lowest BCUT2D eigenvalue weighted by Gasteiger charge is -2.31.